The highest BCUT2D eigenvalue weighted by atomic mass is 16.6. The minimum atomic E-state index is -0.531. The topological polar surface area (TPSA) is 97.6 Å². The molecule has 0 fully saturated rings. The van der Waals surface area contributed by atoms with Crippen LogP contribution in [0, 0.1) is 17.0 Å². The minimum absolute atomic E-state index is 0.0141. The molecule has 0 spiro atoms. The lowest BCUT2D eigenvalue weighted by Crippen LogP contribution is -2.33. The minimum Gasteiger partial charge on any atom is -0.444 e. The number of aryl methyl sites for hydroxylation is 1. The van der Waals surface area contributed by atoms with Crippen molar-refractivity contribution in [1.82, 2.24) is 9.88 Å². The summed E-state index contributed by atoms with van der Waals surface area (Å²) in [6.07, 6.45) is 1.22. The van der Waals surface area contributed by atoms with Crippen molar-refractivity contribution in [3.05, 3.63) is 62.8 Å². The van der Waals surface area contributed by atoms with Crippen LogP contribution >= 0.6 is 0 Å². The van der Waals surface area contributed by atoms with Crippen LogP contribution < -0.4 is 5.32 Å². The molecule has 1 amide bonds. The average molecular weight is 384 g/mol. The van der Waals surface area contributed by atoms with Gasteiger partial charge in [-0.05, 0) is 50.5 Å². The number of amides is 1. The zero-order valence-electron chi connectivity index (χ0n) is 16.5. The fourth-order valence-electron chi connectivity index (χ4n) is 3.11. The second-order valence-corrected chi connectivity index (χ2v) is 7.88. The van der Waals surface area contributed by atoms with Crippen molar-refractivity contribution in [1.29, 1.82) is 0 Å². The van der Waals surface area contributed by atoms with Gasteiger partial charge in [-0.2, -0.15) is 0 Å². The lowest BCUT2D eigenvalue weighted by Gasteiger charge is -2.24. The molecular weight excluding hydrogens is 360 g/mol. The fraction of sp³-hybridized carbons (Fsp3) is 0.400. The number of carbonyl (C=O) groups is 1. The second-order valence-electron chi connectivity index (χ2n) is 7.88. The van der Waals surface area contributed by atoms with Gasteiger partial charge in [0.2, 0.25) is 5.82 Å². The van der Waals surface area contributed by atoms with Crippen molar-refractivity contribution in [2.45, 2.75) is 52.9 Å². The molecule has 28 heavy (non-hydrogen) atoms. The van der Waals surface area contributed by atoms with E-state index in [2.05, 4.69) is 10.3 Å². The third-order valence-corrected chi connectivity index (χ3v) is 4.41. The molecule has 0 saturated carbocycles. The number of nitrogens with zero attached hydrogens (tertiary/aromatic N) is 3. The van der Waals surface area contributed by atoms with E-state index in [1.54, 1.807) is 24.1 Å². The number of nitrogens with one attached hydrogen (secondary N) is 1. The first-order chi connectivity index (χ1) is 13.1. The number of hydrogen-bond acceptors (Lipinski definition) is 6. The summed E-state index contributed by atoms with van der Waals surface area (Å²) >= 11 is 0. The van der Waals surface area contributed by atoms with Crippen molar-refractivity contribution in [2.75, 3.05) is 5.32 Å². The van der Waals surface area contributed by atoms with Crippen LogP contribution in [0.25, 0.3) is 0 Å². The summed E-state index contributed by atoms with van der Waals surface area (Å²) in [4.78, 5) is 28.9. The SMILES string of the molecule is Cc1ccnc(NCc2ccc3c(c2)CN(C(=O)OC(C)(C)C)C3)c1[N+](=O)[O-]. The van der Waals surface area contributed by atoms with Crippen molar-refractivity contribution >= 4 is 17.6 Å². The predicted octanol–water partition coefficient (Wildman–Crippen LogP) is 4.16. The Bertz CT molecular complexity index is 921. The van der Waals surface area contributed by atoms with Crippen LogP contribution in [-0.4, -0.2) is 26.5 Å². The molecule has 0 atom stereocenters. The highest BCUT2D eigenvalue weighted by molar-refractivity contribution is 5.69. The summed E-state index contributed by atoms with van der Waals surface area (Å²) in [6.45, 7) is 8.62. The molecule has 3 rings (SSSR count). The predicted molar refractivity (Wildman–Crippen MR) is 105 cm³/mol. The number of fused-ring (bicyclic) bond motifs is 1. The summed E-state index contributed by atoms with van der Waals surface area (Å²) in [5.41, 5.74) is 3.11. The number of benzene rings is 1. The van der Waals surface area contributed by atoms with Crippen molar-refractivity contribution in [2.24, 2.45) is 0 Å². The first kappa shape index (κ1) is 19.6. The molecule has 0 bridgehead atoms. The molecular formula is C20H24N4O4. The molecule has 8 heteroatoms. The smallest absolute Gasteiger partial charge is 0.410 e. The summed E-state index contributed by atoms with van der Waals surface area (Å²) in [5, 5.41) is 14.3. The largest absolute Gasteiger partial charge is 0.444 e. The molecule has 1 N–H and O–H groups in total. The van der Waals surface area contributed by atoms with Gasteiger partial charge in [0.05, 0.1) is 4.92 Å². The molecule has 0 saturated heterocycles. The molecule has 1 aliphatic heterocycles. The van der Waals surface area contributed by atoms with Gasteiger partial charge in [0.25, 0.3) is 0 Å². The maximum atomic E-state index is 12.3. The van der Waals surface area contributed by atoms with Crippen LogP contribution in [0.3, 0.4) is 0 Å². The van der Waals surface area contributed by atoms with E-state index in [1.165, 1.54) is 0 Å². The van der Waals surface area contributed by atoms with E-state index < -0.39 is 10.5 Å². The Hall–Kier alpha value is -3.16. The van der Waals surface area contributed by atoms with E-state index in [4.69, 9.17) is 4.74 Å². The molecule has 1 aromatic carbocycles. The first-order valence-corrected chi connectivity index (χ1v) is 9.06. The van der Waals surface area contributed by atoms with Crippen LogP contribution in [0.1, 0.15) is 43.0 Å². The molecule has 2 aromatic rings. The maximum absolute atomic E-state index is 12.3. The molecule has 0 radical (unpaired) electrons. The Morgan fingerprint density at radius 2 is 2.00 bits per heavy atom. The van der Waals surface area contributed by atoms with Gasteiger partial charge in [-0.1, -0.05) is 18.2 Å². The molecule has 2 heterocycles. The van der Waals surface area contributed by atoms with Crippen LogP contribution in [0.4, 0.5) is 16.3 Å². The normalized spacial score (nSPS) is 13.2. The number of aromatic nitrogens is 1. The number of anilines is 1. The van der Waals surface area contributed by atoms with Crippen LogP contribution in [0.5, 0.6) is 0 Å². The lowest BCUT2D eigenvalue weighted by atomic mass is 10.1. The summed E-state index contributed by atoms with van der Waals surface area (Å²) in [6, 6.07) is 7.55. The standard InChI is InChI=1S/C20H24N4O4/c1-13-7-8-21-18(17(13)24(26)27)22-10-14-5-6-15-11-23(12-16(15)9-14)19(25)28-20(2,3)4/h5-9H,10-12H2,1-4H3,(H,21,22). The van der Waals surface area contributed by atoms with Crippen LogP contribution in [0.15, 0.2) is 30.5 Å². The van der Waals surface area contributed by atoms with Gasteiger partial charge in [0.1, 0.15) is 5.60 Å². The highest BCUT2D eigenvalue weighted by Crippen LogP contribution is 2.28. The van der Waals surface area contributed by atoms with Gasteiger partial charge in [-0.15, -0.1) is 0 Å². The molecule has 0 unspecified atom stereocenters. The highest BCUT2D eigenvalue weighted by Gasteiger charge is 2.28. The fourth-order valence-corrected chi connectivity index (χ4v) is 3.11. The Morgan fingerprint density at radius 1 is 1.29 bits per heavy atom. The summed E-state index contributed by atoms with van der Waals surface area (Å²) < 4.78 is 5.44. The van der Waals surface area contributed by atoms with E-state index in [9.17, 15) is 14.9 Å². The van der Waals surface area contributed by atoms with Gasteiger partial charge >= 0.3 is 11.8 Å². The van der Waals surface area contributed by atoms with Gasteiger partial charge < -0.3 is 10.1 Å². The number of carbonyl (C=O) groups excluding carboxylic acids is 1. The van der Waals surface area contributed by atoms with E-state index in [0.717, 1.165) is 16.7 Å². The van der Waals surface area contributed by atoms with E-state index in [1.807, 2.05) is 39.0 Å². The second kappa shape index (κ2) is 7.46. The molecule has 148 valence electrons. The number of hydrogen-bond donors (Lipinski definition) is 1. The lowest BCUT2D eigenvalue weighted by molar-refractivity contribution is -0.384. The van der Waals surface area contributed by atoms with Gasteiger partial charge in [0, 0.05) is 31.4 Å². The zero-order valence-corrected chi connectivity index (χ0v) is 16.5. The third kappa shape index (κ3) is 4.39. The van der Waals surface area contributed by atoms with E-state index in [0.29, 0.717) is 25.2 Å². The van der Waals surface area contributed by atoms with Crippen molar-refractivity contribution in [3.8, 4) is 0 Å². The zero-order chi connectivity index (χ0) is 20.5. The maximum Gasteiger partial charge on any atom is 0.410 e. The quantitative estimate of drug-likeness (QED) is 0.628. The van der Waals surface area contributed by atoms with Gasteiger partial charge in [-0.3, -0.25) is 15.0 Å². The van der Waals surface area contributed by atoms with Crippen molar-refractivity contribution < 1.29 is 14.5 Å². The molecule has 0 aliphatic carbocycles. The van der Waals surface area contributed by atoms with E-state index >= 15 is 0 Å². The number of nitro groups is 1. The Balaban J connectivity index is 1.69. The van der Waals surface area contributed by atoms with Crippen LogP contribution in [0.2, 0.25) is 0 Å². The first-order valence-electron chi connectivity index (χ1n) is 9.06. The number of ether oxygens (including phenoxy) is 1. The van der Waals surface area contributed by atoms with Gasteiger partial charge in [-0.25, -0.2) is 9.78 Å². The average Bonchev–Trinajstić information content (AvgIpc) is 3.01. The monoisotopic (exact) mass is 384 g/mol. The molecule has 8 nitrogen and oxygen atoms in total. The van der Waals surface area contributed by atoms with E-state index in [-0.39, 0.29) is 17.6 Å². The number of rotatable bonds is 4. The van der Waals surface area contributed by atoms with Crippen LogP contribution in [-0.2, 0) is 24.4 Å². The number of pyridine rings is 1. The molecule has 1 aromatic heterocycles. The Labute approximate surface area is 163 Å². The Kier molecular flexibility index (Phi) is 5.22. The summed E-state index contributed by atoms with van der Waals surface area (Å²) in [5.74, 6) is 0.251. The molecule has 1 aliphatic rings. The third-order valence-electron chi connectivity index (χ3n) is 4.41. The summed E-state index contributed by atoms with van der Waals surface area (Å²) in [7, 11) is 0. The van der Waals surface area contributed by atoms with Gasteiger partial charge in [0.15, 0.2) is 0 Å². The van der Waals surface area contributed by atoms with Crippen molar-refractivity contribution in [3.63, 3.8) is 0 Å². The Morgan fingerprint density at radius 3 is 2.68 bits per heavy atom.